The van der Waals surface area contributed by atoms with Gasteiger partial charge in [-0.15, -0.1) is 0 Å². The molecule has 1 amide bonds. The first-order chi connectivity index (χ1) is 9.16. The monoisotopic (exact) mass is 288 g/mol. The van der Waals surface area contributed by atoms with E-state index in [-0.39, 0.29) is 11.6 Å². The fraction of sp³-hybridized carbons (Fsp3) is 0.500. The molecule has 1 aromatic rings. The van der Waals surface area contributed by atoms with Crippen LogP contribution in [-0.2, 0) is 11.0 Å². The number of benzene rings is 1. The van der Waals surface area contributed by atoms with Crippen LogP contribution in [0, 0.1) is 12.8 Å². The van der Waals surface area contributed by atoms with E-state index in [0.717, 1.165) is 18.6 Å². The Labute approximate surface area is 116 Å². The third-order valence-electron chi connectivity index (χ3n) is 3.38. The molecule has 6 heteroatoms. The van der Waals surface area contributed by atoms with Crippen molar-refractivity contribution >= 4 is 11.6 Å². The number of anilines is 1. The summed E-state index contributed by atoms with van der Waals surface area (Å²) in [6, 6.07) is 2.50. The van der Waals surface area contributed by atoms with Crippen molar-refractivity contribution in [3.63, 3.8) is 0 Å². The van der Waals surface area contributed by atoms with Gasteiger partial charge < -0.3 is 11.1 Å². The maximum absolute atomic E-state index is 12.6. The highest BCUT2D eigenvalue weighted by Crippen LogP contribution is 2.32. The van der Waals surface area contributed by atoms with Crippen LogP contribution in [0.2, 0.25) is 0 Å². The minimum absolute atomic E-state index is 0.0406. The van der Waals surface area contributed by atoms with Gasteiger partial charge >= 0.3 is 6.18 Å². The highest BCUT2D eigenvalue weighted by molar-refractivity contribution is 5.95. The van der Waals surface area contributed by atoms with E-state index in [9.17, 15) is 18.0 Å². The maximum atomic E-state index is 12.6. The quantitative estimate of drug-likeness (QED) is 0.893. The van der Waals surface area contributed by atoms with E-state index in [1.165, 1.54) is 6.07 Å². The maximum Gasteiger partial charge on any atom is 0.416 e. The SMILES string of the molecule is CC[C@H](C)[C@H](N)C(=O)Nc1cc(C(F)(F)F)ccc1C. The number of hydrogen-bond acceptors (Lipinski definition) is 2. The van der Waals surface area contributed by atoms with Crippen LogP contribution in [0.5, 0.6) is 0 Å². The Bertz CT molecular complexity index is 486. The number of nitrogens with one attached hydrogen (secondary N) is 1. The smallest absolute Gasteiger partial charge is 0.324 e. The topological polar surface area (TPSA) is 55.1 Å². The third kappa shape index (κ3) is 3.96. The van der Waals surface area contributed by atoms with Gasteiger partial charge in [0.15, 0.2) is 0 Å². The van der Waals surface area contributed by atoms with Gasteiger partial charge in [-0.2, -0.15) is 13.2 Å². The number of rotatable bonds is 4. The van der Waals surface area contributed by atoms with Gasteiger partial charge in [-0.25, -0.2) is 0 Å². The molecule has 0 aliphatic carbocycles. The molecule has 0 saturated carbocycles. The molecular formula is C14H19F3N2O. The molecule has 0 aliphatic heterocycles. The lowest BCUT2D eigenvalue weighted by Crippen LogP contribution is -2.40. The lowest BCUT2D eigenvalue weighted by Gasteiger charge is -2.19. The van der Waals surface area contributed by atoms with Crippen LogP contribution in [0.3, 0.4) is 0 Å². The van der Waals surface area contributed by atoms with Crippen LogP contribution in [0.4, 0.5) is 18.9 Å². The van der Waals surface area contributed by atoms with Gasteiger partial charge in [0.05, 0.1) is 11.6 Å². The van der Waals surface area contributed by atoms with Gasteiger partial charge in [0.2, 0.25) is 5.91 Å². The average Bonchev–Trinajstić information content (AvgIpc) is 2.38. The fourth-order valence-electron chi connectivity index (χ4n) is 1.66. The standard InChI is InChI=1S/C14H19F3N2O/c1-4-8(2)12(18)13(20)19-11-7-10(14(15,16)17)6-5-9(11)3/h5-8,12H,4,18H2,1-3H3,(H,19,20)/t8-,12-/m0/s1. The predicted octanol–water partition coefficient (Wildman–Crippen LogP) is 3.33. The summed E-state index contributed by atoms with van der Waals surface area (Å²) in [5.74, 6) is -0.511. The summed E-state index contributed by atoms with van der Waals surface area (Å²) in [4.78, 5) is 11.9. The van der Waals surface area contributed by atoms with Crippen LogP contribution >= 0.6 is 0 Å². The highest BCUT2D eigenvalue weighted by atomic mass is 19.4. The van der Waals surface area contributed by atoms with Crippen LogP contribution in [0.15, 0.2) is 18.2 Å². The van der Waals surface area contributed by atoms with Crippen LogP contribution in [-0.4, -0.2) is 11.9 Å². The molecule has 112 valence electrons. The molecule has 20 heavy (non-hydrogen) atoms. The second-order valence-electron chi connectivity index (χ2n) is 4.93. The molecule has 0 saturated heterocycles. The summed E-state index contributed by atoms with van der Waals surface area (Å²) < 4.78 is 37.9. The average molecular weight is 288 g/mol. The summed E-state index contributed by atoms with van der Waals surface area (Å²) in [6.45, 7) is 5.35. The van der Waals surface area contributed by atoms with Crippen molar-refractivity contribution in [1.29, 1.82) is 0 Å². The molecule has 0 aromatic heterocycles. The number of carbonyl (C=O) groups is 1. The van der Waals surface area contributed by atoms with Crippen molar-refractivity contribution in [3.05, 3.63) is 29.3 Å². The van der Waals surface area contributed by atoms with E-state index < -0.39 is 23.7 Å². The minimum Gasteiger partial charge on any atom is -0.324 e. The summed E-state index contributed by atoms with van der Waals surface area (Å²) in [6.07, 6.45) is -3.72. The number of carbonyl (C=O) groups excluding carboxylic acids is 1. The van der Waals surface area contributed by atoms with Gasteiger partial charge in [-0.05, 0) is 30.5 Å². The highest BCUT2D eigenvalue weighted by Gasteiger charge is 2.31. The Balaban J connectivity index is 2.95. The van der Waals surface area contributed by atoms with E-state index in [2.05, 4.69) is 5.32 Å². The molecule has 0 heterocycles. The third-order valence-corrected chi connectivity index (χ3v) is 3.38. The molecule has 0 aliphatic rings. The number of amides is 1. The predicted molar refractivity (Wildman–Crippen MR) is 72.2 cm³/mol. The Kier molecular flexibility index (Phi) is 5.16. The molecule has 0 radical (unpaired) electrons. The molecule has 3 nitrogen and oxygen atoms in total. The molecular weight excluding hydrogens is 269 g/mol. The molecule has 3 N–H and O–H groups in total. The first-order valence-corrected chi connectivity index (χ1v) is 6.41. The molecule has 0 fully saturated rings. The minimum atomic E-state index is -4.44. The van der Waals surface area contributed by atoms with Crippen LogP contribution < -0.4 is 11.1 Å². The first kappa shape index (κ1) is 16.5. The van der Waals surface area contributed by atoms with Gasteiger partial charge in [-0.1, -0.05) is 26.3 Å². The van der Waals surface area contributed by atoms with Gasteiger partial charge in [0, 0.05) is 5.69 Å². The van der Waals surface area contributed by atoms with Gasteiger partial charge in [0.1, 0.15) is 0 Å². The lowest BCUT2D eigenvalue weighted by atomic mass is 9.99. The van der Waals surface area contributed by atoms with E-state index >= 15 is 0 Å². The number of hydrogen-bond donors (Lipinski definition) is 2. The second kappa shape index (κ2) is 6.26. The zero-order valence-corrected chi connectivity index (χ0v) is 11.7. The van der Waals surface area contributed by atoms with Gasteiger partial charge in [0.25, 0.3) is 0 Å². The normalized spacial score (nSPS) is 14.8. The second-order valence-corrected chi connectivity index (χ2v) is 4.93. The Morgan fingerprint density at radius 3 is 2.50 bits per heavy atom. The fourth-order valence-corrected chi connectivity index (χ4v) is 1.66. The van der Waals surface area contributed by atoms with E-state index in [0.29, 0.717) is 5.56 Å². The largest absolute Gasteiger partial charge is 0.416 e. The van der Waals surface area contributed by atoms with E-state index in [1.54, 1.807) is 6.92 Å². The van der Waals surface area contributed by atoms with Crippen molar-refractivity contribution in [1.82, 2.24) is 0 Å². The molecule has 1 aromatic carbocycles. The van der Waals surface area contributed by atoms with Crippen molar-refractivity contribution < 1.29 is 18.0 Å². The van der Waals surface area contributed by atoms with E-state index in [1.807, 2.05) is 13.8 Å². The molecule has 1 rings (SSSR count). The zero-order valence-electron chi connectivity index (χ0n) is 11.7. The zero-order chi connectivity index (χ0) is 15.5. The van der Waals surface area contributed by atoms with Crippen LogP contribution in [0.25, 0.3) is 0 Å². The first-order valence-electron chi connectivity index (χ1n) is 6.41. The van der Waals surface area contributed by atoms with Crippen molar-refractivity contribution in [2.24, 2.45) is 11.7 Å². The lowest BCUT2D eigenvalue weighted by molar-refractivity contribution is -0.137. The van der Waals surface area contributed by atoms with E-state index in [4.69, 9.17) is 5.73 Å². The molecule has 0 unspecified atom stereocenters. The number of alkyl halides is 3. The van der Waals surface area contributed by atoms with Gasteiger partial charge in [-0.3, -0.25) is 4.79 Å². The molecule has 2 atom stereocenters. The summed E-state index contributed by atoms with van der Waals surface area (Å²) in [7, 11) is 0. The van der Waals surface area contributed by atoms with Crippen molar-refractivity contribution in [2.75, 3.05) is 5.32 Å². The number of aryl methyl sites for hydroxylation is 1. The number of halogens is 3. The Hall–Kier alpha value is -1.56. The molecule has 0 bridgehead atoms. The number of nitrogens with two attached hydrogens (primary N) is 1. The Morgan fingerprint density at radius 2 is 2.00 bits per heavy atom. The van der Waals surface area contributed by atoms with Crippen molar-refractivity contribution in [2.45, 2.75) is 39.4 Å². The van der Waals surface area contributed by atoms with Crippen molar-refractivity contribution in [3.8, 4) is 0 Å². The summed E-state index contributed by atoms with van der Waals surface area (Å²) in [5, 5.41) is 2.47. The Morgan fingerprint density at radius 1 is 1.40 bits per heavy atom. The summed E-state index contributed by atoms with van der Waals surface area (Å²) in [5.41, 5.74) is 5.66. The summed E-state index contributed by atoms with van der Waals surface area (Å²) >= 11 is 0. The molecule has 0 spiro atoms. The van der Waals surface area contributed by atoms with Crippen LogP contribution in [0.1, 0.15) is 31.4 Å².